The minimum Gasteiger partial charge on any atom is -0.319 e. The molecule has 0 aromatic heterocycles. The van der Waals surface area contributed by atoms with Crippen LogP contribution in [0.5, 0.6) is 0 Å². The molecule has 0 spiro atoms. The van der Waals surface area contributed by atoms with E-state index in [0.29, 0.717) is 13.1 Å². The summed E-state index contributed by atoms with van der Waals surface area (Å²) in [5.74, 6) is 0.160. The maximum Gasteiger partial charge on any atom is 0.212 e. The van der Waals surface area contributed by atoms with E-state index in [0.717, 1.165) is 13.0 Å². The number of likely N-dealkylation sites (tertiary alicyclic amines) is 1. The largest absolute Gasteiger partial charge is 0.319 e. The van der Waals surface area contributed by atoms with Crippen LogP contribution in [-0.2, 0) is 10.0 Å². The van der Waals surface area contributed by atoms with Crippen molar-refractivity contribution in [1.82, 2.24) is 14.9 Å². The van der Waals surface area contributed by atoms with Crippen LogP contribution in [0.25, 0.3) is 0 Å². The second kappa shape index (κ2) is 7.21. The lowest BCUT2D eigenvalue weighted by Gasteiger charge is -2.14. The molecule has 5 nitrogen and oxygen atoms in total. The molecule has 0 aliphatic carbocycles. The van der Waals surface area contributed by atoms with Gasteiger partial charge in [0.05, 0.1) is 5.75 Å². The average molecular weight is 249 g/mol. The molecular formula is C10H23N3O2S. The summed E-state index contributed by atoms with van der Waals surface area (Å²) in [7, 11) is -1.32. The second-order valence-electron chi connectivity index (χ2n) is 4.22. The summed E-state index contributed by atoms with van der Waals surface area (Å²) < 4.78 is 25.5. The minimum atomic E-state index is -3.07. The first-order chi connectivity index (χ1) is 7.64. The summed E-state index contributed by atoms with van der Waals surface area (Å²) in [6, 6.07) is 0. The van der Waals surface area contributed by atoms with E-state index in [4.69, 9.17) is 0 Å². The Morgan fingerprint density at radius 3 is 2.50 bits per heavy atom. The van der Waals surface area contributed by atoms with Crippen molar-refractivity contribution in [3.05, 3.63) is 0 Å². The summed E-state index contributed by atoms with van der Waals surface area (Å²) in [5, 5.41) is 2.83. The highest BCUT2D eigenvalue weighted by molar-refractivity contribution is 7.89. The molecule has 1 heterocycles. The Morgan fingerprint density at radius 2 is 1.88 bits per heavy atom. The molecule has 0 radical (unpaired) electrons. The molecule has 0 aromatic carbocycles. The zero-order valence-corrected chi connectivity index (χ0v) is 10.9. The van der Waals surface area contributed by atoms with Gasteiger partial charge in [0, 0.05) is 13.1 Å². The number of hydrogen-bond donors (Lipinski definition) is 2. The number of sulfonamides is 1. The average Bonchev–Trinajstić information content (AvgIpc) is 2.75. The minimum absolute atomic E-state index is 0.160. The maximum absolute atomic E-state index is 11.4. The quantitative estimate of drug-likeness (QED) is 0.575. The lowest BCUT2D eigenvalue weighted by molar-refractivity contribution is 0.334. The molecule has 1 rings (SSSR count). The Hall–Kier alpha value is -0.170. The van der Waals surface area contributed by atoms with Crippen molar-refractivity contribution >= 4 is 10.0 Å². The Labute approximate surface area is 98.6 Å². The van der Waals surface area contributed by atoms with Crippen molar-refractivity contribution in [1.29, 1.82) is 0 Å². The summed E-state index contributed by atoms with van der Waals surface area (Å²) in [6.45, 7) is 4.41. The first kappa shape index (κ1) is 13.9. The molecule has 6 heteroatoms. The van der Waals surface area contributed by atoms with Crippen LogP contribution >= 0.6 is 0 Å². The first-order valence-corrected chi connectivity index (χ1v) is 7.63. The van der Waals surface area contributed by atoms with Crippen LogP contribution in [0.1, 0.15) is 19.3 Å². The van der Waals surface area contributed by atoms with Crippen LogP contribution in [0.2, 0.25) is 0 Å². The van der Waals surface area contributed by atoms with Gasteiger partial charge in [0.2, 0.25) is 10.0 Å². The number of nitrogens with one attached hydrogen (secondary N) is 2. The van der Waals surface area contributed by atoms with Gasteiger partial charge in [0.25, 0.3) is 0 Å². The summed E-state index contributed by atoms with van der Waals surface area (Å²) in [5.41, 5.74) is 0. The smallest absolute Gasteiger partial charge is 0.212 e. The van der Waals surface area contributed by atoms with Gasteiger partial charge >= 0.3 is 0 Å². The van der Waals surface area contributed by atoms with E-state index in [1.165, 1.54) is 25.9 Å². The van der Waals surface area contributed by atoms with Gasteiger partial charge in [-0.05, 0) is 45.9 Å². The molecule has 0 bridgehead atoms. The topological polar surface area (TPSA) is 61.4 Å². The van der Waals surface area contributed by atoms with Gasteiger partial charge < -0.3 is 10.2 Å². The van der Waals surface area contributed by atoms with Gasteiger partial charge in [-0.15, -0.1) is 0 Å². The predicted molar refractivity (Wildman–Crippen MR) is 66.0 cm³/mol. The van der Waals surface area contributed by atoms with Crippen molar-refractivity contribution in [2.24, 2.45) is 0 Å². The van der Waals surface area contributed by atoms with Gasteiger partial charge in [0.15, 0.2) is 0 Å². The molecule has 0 aromatic rings. The van der Waals surface area contributed by atoms with Gasteiger partial charge in [-0.25, -0.2) is 13.1 Å². The molecule has 0 atom stereocenters. The second-order valence-corrected chi connectivity index (χ2v) is 6.15. The molecule has 1 aliphatic heterocycles. The van der Waals surface area contributed by atoms with Gasteiger partial charge in [0.1, 0.15) is 0 Å². The maximum atomic E-state index is 11.4. The Balaban J connectivity index is 2.05. The molecule has 1 aliphatic rings. The molecule has 0 unspecified atom stereocenters. The van der Waals surface area contributed by atoms with Crippen LogP contribution in [0, 0.1) is 0 Å². The monoisotopic (exact) mass is 249 g/mol. The molecule has 0 amide bonds. The van der Waals surface area contributed by atoms with E-state index in [2.05, 4.69) is 14.9 Å². The van der Waals surface area contributed by atoms with Crippen LogP contribution in [0.4, 0.5) is 0 Å². The SMILES string of the molecule is CNCCS(=O)(=O)NCCCN1CCCC1. The third kappa shape index (κ3) is 5.79. The highest BCUT2D eigenvalue weighted by atomic mass is 32.2. The zero-order valence-electron chi connectivity index (χ0n) is 10.0. The highest BCUT2D eigenvalue weighted by Gasteiger charge is 2.12. The standard InChI is InChI=1S/C10H23N3O2S/c1-11-6-10-16(14,15)12-5-4-9-13-7-2-3-8-13/h11-12H,2-10H2,1H3. The fraction of sp³-hybridized carbons (Fsp3) is 1.00. The van der Waals surface area contributed by atoms with E-state index < -0.39 is 10.0 Å². The van der Waals surface area contributed by atoms with Crippen molar-refractivity contribution in [3.8, 4) is 0 Å². The summed E-state index contributed by atoms with van der Waals surface area (Å²) >= 11 is 0. The van der Waals surface area contributed by atoms with Gasteiger partial charge in [-0.3, -0.25) is 0 Å². The van der Waals surface area contributed by atoms with Gasteiger partial charge in [-0.1, -0.05) is 0 Å². The normalized spacial score (nSPS) is 18.1. The van der Waals surface area contributed by atoms with E-state index >= 15 is 0 Å². The summed E-state index contributed by atoms with van der Waals surface area (Å²) in [6.07, 6.45) is 3.47. The molecule has 0 saturated carbocycles. The van der Waals surface area contributed by atoms with Crippen LogP contribution in [0.15, 0.2) is 0 Å². The third-order valence-corrected chi connectivity index (χ3v) is 4.18. The third-order valence-electron chi connectivity index (χ3n) is 2.79. The fourth-order valence-corrected chi connectivity index (χ4v) is 2.92. The number of rotatable bonds is 8. The van der Waals surface area contributed by atoms with E-state index in [9.17, 15) is 8.42 Å². The molecule has 96 valence electrons. The van der Waals surface area contributed by atoms with E-state index in [1.807, 2.05) is 0 Å². The molecule has 1 fully saturated rings. The van der Waals surface area contributed by atoms with Crippen LogP contribution < -0.4 is 10.0 Å². The molecule has 2 N–H and O–H groups in total. The van der Waals surface area contributed by atoms with E-state index in [1.54, 1.807) is 7.05 Å². The lowest BCUT2D eigenvalue weighted by Crippen LogP contribution is -2.33. The summed E-state index contributed by atoms with van der Waals surface area (Å²) in [4.78, 5) is 2.39. The zero-order chi connectivity index (χ0) is 11.9. The van der Waals surface area contributed by atoms with Crippen LogP contribution in [-0.4, -0.2) is 58.8 Å². The fourth-order valence-electron chi connectivity index (χ4n) is 1.85. The van der Waals surface area contributed by atoms with Gasteiger partial charge in [-0.2, -0.15) is 0 Å². The Morgan fingerprint density at radius 1 is 1.19 bits per heavy atom. The van der Waals surface area contributed by atoms with Crippen LogP contribution in [0.3, 0.4) is 0 Å². The van der Waals surface area contributed by atoms with Crippen molar-refractivity contribution in [2.75, 3.05) is 45.5 Å². The van der Waals surface area contributed by atoms with Crippen molar-refractivity contribution in [2.45, 2.75) is 19.3 Å². The molecule has 16 heavy (non-hydrogen) atoms. The number of nitrogens with zero attached hydrogens (tertiary/aromatic N) is 1. The highest BCUT2D eigenvalue weighted by Crippen LogP contribution is 2.06. The van der Waals surface area contributed by atoms with Crippen molar-refractivity contribution in [3.63, 3.8) is 0 Å². The Bertz CT molecular complexity index is 274. The lowest BCUT2D eigenvalue weighted by atomic mass is 10.4. The Kier molecular flexibility index (Phi) is 6.26. The first-order valence-electron chi connectivity index (χ1n) is 5.98. The van der Waals surface area contributed by atoms with E-state index in [-0.39, 0.29) is 5.75 Å². The predicted octanol–water partition coefficient (Wildman–Crippen LogP) is -0.389. The molecule has 1 saturated heterocycles. The number of hydrogen-bond acceptors (Lipinski definition) is 4. The molecular weight excluding hydrogens is 226 g/mol. The van der Waals surface area contributed by atoms with Crippen molar-refractivity contribution < 1.29 is 8.42 Å².